The average Bonchev–Trinajstić information content (AvgIpc) is 3.30. The second-order valence-corrected chi connectivity index (χ2v) is 11.1. The minimum Gasteiger partial charge on any atom is -0.481 e. The molecule has 0 aliphatic heterocycles. The van der Waals surface area contributed by atoms with Crippen LogP contribution in [0.2, 0.25) is 0 Å². The van der Waals surface area contributed by atoms with Crippen LogP contribution in [-0.4, -0.2) is 58.0 Å². The minimum atomic E-state index is -0.778. The van der Waals surface area contributed by atoms with Crippen LogP contribution in [0.1, 0.15) is 61.0 Å². The van der Waals surface area contributed by atoms with E-state index in [0.29, 0.717) is 32.5 Å². The first kappa shape index (κ1) is 27.2. The van der Waals surface area contributed by atoms with Crippen molar-refractivity contribution in [2.45, 2.75) is 64.7 Å². The minimum absolute atomic E-state index is 0.0438. The highest BCUT2D eigenvalue weighted by Gasteiger charge is 2.21. The Balaban J connectivity index is 1.28. The number of nitrogens with zero attached hydrogens (tertiary/aromatic N) is 3. The summed E-state index contributed by atoms with van der Waals surface area (Å²) in [7, 11) is 0. The lowest BCUT2D eigenvalue weighted by molar-refractivity contribution is -0.142. The normalized spacial score (nSPS) is 14.0. The van der Waals surface area contributed by atoms with Crippen LogP contribution >= 0.6 is 11.3 Å². The number of nitrogens with one attached hydrogen (secondary N) is 1. The maximum atomic E-state index is 12.0. The number of hydrogen-bond acceptors (Lipinski definition) is 6. The fraction of sp³-hybridized carbons (Fsp3) is 0.517. The lowest BCUT2D eigenvalue weighted by atomic mass is 9.95. The highest BCUT2D eigenvalue weighted by Crippen LogP contribution is 2.25. The van der Waals surface area contributed by atoms with E-state index < -0.39 is 11.9 Å². The second-order valence-electron chi connectivity index (χ2n) is 10.0. The topological polar surface area (TPSA) is 95.4 Å². The summed E-state index contributed by atoms with van der Waals surface area (Å²) in [5, 5.41) is 13.6. The van der Waals surface area contributed by atoms with E-state index in [1.807, 2.05) is 24.3 Å². The van der Waals surface area contributed by atoms with Crippen molar-refractivity contribution in [2.24, 2.45) is 5.92 Å². The van der Waals surface area contributed by atoms with Crippen molar-refractivity contribution in [2.75, 3.05) is 26.2 Å². The zero-order valence-electron chi connectivity index (χ0n) is 21.7. The lowest BCUT2D eigenvalue weighted by Crippen LogP contribution is -2.36. The van der Waals surface area contributed by atoms with Crippen LogP contribution in [0.5, 0.6) is 0 Å². The molecule has 37 heavy (non-hydrogen) atoms. The van der Waals surface area contributed by atoms with E-state index in [9.17, 15) is 14.7 Å². The number of rotatable bonds is 14. The van der Waals surface area contributed by atoms with Gasteiger partial charge in [0.1, 0.15) is 0 Å². The number of aliphatic carboxylic acids is 1. The van der Waals surface area contributed by atoms with Gasteiger partial charge in [-0.15, -0.1) is 11.3 Å². The van der Waals surface area contributed by atoms with Crippen LogP contribution in [0, 0.1) is 5.92 Å². The predicted octanol–water partition coefficient (Wildman–Crippen LogP) is 4.66. The molecule has 198 valence electrons. The van der Waals surface area contributed by atoms with Gasteiger partial charge in [0.05, 0.1) is 21.1 Å². The number of thiazole rings is 1. The smallest absolute Gasteiger partial charge is 0.306 e. The highest BCUT2D eigenvalue weighted by atomic mass is 32.1. The number of carboxylic acid groups (broad SMARTS) is 1. The maximum Gasteiger partial charge on any atom is 0.306 e. The van der Waals surface area contributed by atoms with Gasteiger partial charge in [-0.25, -0.2) is 4.98 Å². The first-order valence-corrected chi connectivity index (χ1v) is 14.3. The number of aryl methyl sites for hydroxylation is 3. The van der Waals surface area contributed by atoms with Gasteiger partial charge in [0.15, 0.2) is 0 Å². The first-order valence-electron chi connectivity index (χ1n) is 13.5. The molecule has 1 atom stereocenters. The number of carboxylic acids is 1. The summed E-state index contributed by atoms with van der Waals surface area (Å²) in [6.45, 7) is 4.35. The Labute approximate surface area is 223 Å². The Morgan fingerprint density at radius 1 is 1.05 bits per heavy atom. The third kappa shape index (κ3) is 8.33. The maximum absolute atomic E-state index is 12.0. The molecule has 0 radical (unpaired) electrons. The number of fused-ring (bicyclic) bond motifs is 2. The largest absolute Gasteiger partial charge is 0.481 e. The van der Waals surface area contributed by atoms with Gasteiger partial charge in [-0.3, -0.25) is 14.6 Å². The zero-order chi connectivity index (χ0) is 26.0. The summed E-state index contributed by atoms with van der Waals surface area (Å²) in [5.41, 5.74) is 4.80. The molecule has 0 bridgehead atoms. The number of carbonyl (C=O) groups excluding carboxylic acids is 1. The van der Waals surface area contributed by atoms with E-state index >= 15 is 0 Å². The molecule has 1 amide bonds. The molecule has 3 aromatic rings. The van der Waals surface area contributed by atoms with Crippen molar-refractivity contribution in [3.63, 3.8) is 0 Å². The molecule has 1 aromatic carbocycles. The Morgan fingerprint density at radius 3 is 2.70 bits per heavy atom. The molecular weight excluding hydrogens is 484 g/mol. The number of carbonyl (C=O) groups is 2. The van der Waals surface area contributed by atoms with Crippen molar-refractivity contribution >= 4 is 33.4 Å². The molecule has 0 fully saturated rings. The number of hydrogen-bond donors (Lipinski definition) is 2. The molecule has 0 spiro atoms. The summed E-state index contributed by atoms with van der Waals surface area (Å²) in [4.78, 5) is 35.2. The van der Waals surface area contributed by atoms with Crippen LogP contribution in [-0.2, 0) is 35.3 Å². The molecule has 8 heteroatoms. The Kier molecular flexibility index (Phi) is 10.0. The van der Waals surface area contributed by atoms with Gasteiger partial charge in [0.2, 0.25) is 5.91 Å². The number of pyridine rings is 1. The van der Waals surface area contributed by atoms with Gasteiger partial charge in [-0.1, -0.05) is 18.2 Å². The van der Waals surface area contributed by atoms with E-state index in [4.69, 9.17) is 4.98 Å². The molecule has 2 heterocycles. The Morgan fingerprint density at radius 2 is 1.89 bits per heavy atom. The van der Waals surface area contributed by atoms with E-state index in [-0.39, 0.29) is 5.91 Å². The van der Waals surface area contributed by atoms with Crippen molar-refractivity contribution in [3.8, 4) is 0 Å². The molecule has 0 saturated carbocycles. The van der Waals surface area contributed by atoms with Gasteiger partial charge in [-0.05, 0) is 88.2 Å². The van der Waals surface area contributed by atoms with E-state index in [2.05, 4.69) is 27.3 Å². The number of unbranched alkanes of at least 4 members (excludes halogenated alkanes) is 1. The van der Waals surface area contributed by atoms with Gasteiger partial charge < -0.3 is 15.3 Å². The number of aromatic nitrogens is 2. The quantitative estimate of drug-likeness (QED) is 0.299. The van der Waals surface area contributed by atoms with Gasteiger partial charge in [-0.2, -0.15) is 0 Å². The molecular formula is C29H38N4O3S. The Hall–Kier alpha value is -2.84. The molecule has 0 saturated heterocycles. The molecule has 1 aliphatic carbocycles. The van der Waals surface area contributed by atoms with Gasteiger partial charge in [0, 0.05) is 37.8 Å². The monoisotopic (exact) mass is 522 g/mol. The molecule has 2 aromatic heterocycles. The fourth-order valence-corrected chi connectivity index (χ4v) is 6.05. The summed E-state index contributed by atoms with van der Waals surface area (Å²) >= 11 is 1.58. The van der Waals surface area contributed by atoms with Crippen molar-refractivity contribution in [1.29, 1.82) is 0 Å². The summed E-state index contributed by atoms with van der Waals surface area (Å²) in [5.74, 6) is -1.30. The molecule has 7 nitrogen and oxygen atoms in total. The standard InChI is InChI=1S/C29H38N4O3S/c1-21(34)30-16-19-33(17-7-6-9-24-14-13-22-8-2-3-10-25(22)31-24)18-15-23(29(35)36)20-28-32-26-11-4-5-12-27(26)37-28/h4-5,11-14,23H,2-3,6-10,15-20H2,1H3,(H,30,34)(H,35,36)/t23-/m1/s1. The summed E-state index contributed by atoms with van der Waals surface area (Å²) < 4.78 is 1.09. The third-order valence-corrected chi connectivity index (χ3v) is 8.16. The number of para-hydroxylation sites is 1. The summed E-state index contributed by atoms with van der Waals surface area (Å²) in [6, 6.07) is 12.4. The highest BCUT2D eigenvalue weighted by molar-refractivity contribution is 7.18. The average molecular weight is 523 g/mol. The number of benzene rings is 1. The van der Waals surface area contributed by atoms with Crippen LogP contribution in [0.4, 0.5) is 0 Å². The van der Waals surface area contributed by atoms with Crippen molar-refractivity contribution in [1.82, 2.24) is 20.2 Å². The molecule has 4 rings (SSSR count). The lowest BCUT2D eigenvalue weighted by Gasteiger charge is -2.24. The molecule has 0 unspecified atom stereocenters. The van der Waals surface area contributed by atoms with Crippen molar-refractivity contribution in [3.05, 3.63) is 58.4 Å². The van der Waals surface area contributed by atoms with E-state index in [1.165, 1.54) is 36.7 Å². The van der Waals surface area contributed by atoms with Crippen LogP contribution < -0.4 is 5.32 Å². The van der Waals surface area contributed by atoms with Crippen LogP contribution in [0.25, 0.3) is 10.2 Å². The van der Waals surface area contributed by atoms with E-state index in [1.54, 1.807) is 11.3 Å². The Bertz CT molecular complexity index is 1160. The van der Waals surface area contributed by atoms with Gasteiger partial charge >= 0.3 is 5.97 Å². The summed E-state index contributed by atoms with van der Waals surface area (Å²) in [6.07, 6.45) is 8.77. The van der Waals surface area contributed by atoms with Crippen molar-refractivity contribution < 1.29 is 14.7 Å². The van der Waals surface area contributed by atoms with E-state index in [0.717, 1.165) is 53.9 Å². The predicted molar refractivity (Wildman–Crippen MR) is 148 cm³/mol. The molecule has 1 aliphatic rings. The SMILES string of the molecule is CC(=O)NCCN(CCCCc1ccc2c(n1)CCCC2)CC[C@H](Cc1nc2ccccc2s1)C(=O)O. The first-order chi connectivity index (χ1) is 18.0. The van der Waals surface area contributed by atoms with Gasteiger partial charge in [0.25, 0.3) is 0 Å². The zero-order valence-corrected chi connectivity index (χ0v) is 22.6. The third-order valence-electron chi connectivity index (χ3n) is 7.10. The van der Waals surface area contributed by atoms with Crippen LogP contribution in [0.15, 0.2) is 36.4 Å². The number of amides is 1. The second kappa shape index (κ2) is 13.6. The van der Waals surface area contributed by atoms with Crippen LogP contribution in [0.3, 0.4) is 0 Å². The molecule has 2 N–H and O–H groups in total. The fourth-order valence-electron chi connectivity index (χ4n) is 5.00.